The third kappa shape index (κ3) is 3.95. The zero-order chi connectivity index (χ0) is 23.7. The molecule has 1 unspecified atom stereocenters. The Morgan fingerprint density at radius 1 is 1.09 bits per heavy atom. The number of ketones is 1. The van der Waals surface area contributed by atoms with E-state index < -0.39 is 35.7 Å². The highest BCUT2D eigenvalue weighted by Crippen LogP contribution is 2.35. The molecule has 8 nitrogen and oxygen atoms in total. The van der Waals surface area contributed by atoms with Crippen molar-refractivity contribution in [3.63, 3.8) is 0 Å². The fourth-order valence-electron chi connectivity index (χ4n) is 3.75. The molecule has 0 spiro atoms. The number of esters is 1. The van der Waals surface area contributed by atoms with E-state index in [1.54, 1.807) is 52.0 Å². The molecule has 9 heteroatoms. The lowest BCUT2D eigenvalue weighted by molar-refractivity contribution is -0.121. The van der Waals surface area contributed by atoms with Gasteiger partial charge in [-0.25, -0.2) is 4.79 Å². The summed E-state index contributed by atoms with van der Waals surface area (Å²) in [5.74, 6) is -3.04. The van der Waals surface area contributed by atoms with Crippen LogP contribution in [0.25, 0.3) is 0 Å². The first-order valence-electron chi connectivity index (χ1n) is 10.2. The van der Waals surface area contributed by atoms with E-state index in [4.69, 9.17) is 4.74 Å². The Morgan fingerprint density at radius 3 is 2.12 bits per heavy atom. The van der Waals surface area contributed by atoms with Crippen LogP contribution in [0.5, 0.6) is 0 Å². The van der Waals surface area contributed by atoms with Gasteiger partial charge in [-0.1, -0.05) is 26.0 Å². The van der Waals surface area contributed by atoms with Gasteiger partial charge in [-0.3, -0.25) is 24.1 Å². The Balaban J connectivity index is 1.99. The number of nitrogens with one attached hydrogen (secondary N) is 1. The lowest BCUT2D eigenvalue weighted by Crippen LogP contribution is -2.50. The van der Waals surface area contributed by atoms with Gasteiger partial charge >= 0.3 is 5.97 Å². The van der Waals surface area contributed by atoms with Crippen molar-refractivity contribution in [2.24, 2.45) is 5.92 Å². The Labute approximate surface area is 189 Å². The van der Waals surface area contributed by atoms with E-state index in [2.05, 4.69) is 5.32 Å². The van der Waals surface area contributed by atoms with Gasteiger partial charge in [-0.2, -0.15) is 0 Å². The number of ether oxygens (including phenoxy) is 1. The predicted octanol–water partition coefficient (Wildman–Crippen LogP) is 3.70. The van der Waals surface area contributed by atoms with Crippen LogP contribution in [0.1, 0.15) is 74.0 Å². The Morgan fingerprint density at radius 2 is 1.66 bits per heavy atom. The minimum absolute atomic E-state index is 0.0975. The topological polar surface area (TPSA) is 110 Å². The molecule has 1 atom stereocenters. The number of amides is 3. The van der Waals surface area contributed by atoms with Crippen molar-refractivity contribution in [1.29, 1.82) is 0 Å². The summed E-state index contributed by atoms with van der Waals surface area (Å²) in [5, 5.41) is 2.82. The molecule has 0 radical (unpaired) electrons. The third-order valence-corrected chi connectivity index (χ3v) is 6.49. The zero-order valence-electron chi connectivity index (χ0n) is 18.5. The quantitative estimate of drug-likeness (QED) is 0.387. The number of imide groups is 1. The lowest BCUT2D eigenvalue weighted by Gasteiger charge is -2.28. The third-order valence-electron chi connectivity index (χ3n) is 5.19. The molecule has 1 aromatic carbocycles. The van der Waals surface area contributed by atoms with Gasteiger partial charge in [0.2, 0.25) is 5.91 Å². The number of fused-ring (bicyclic) bond motifs is 1. The van der Waals surface area contributed by atoms with Crippen LogP contribution in [-0.2, 0) is 9.53 Å². The number of carbonyl (C=O) groups excluding carboxylic acids is 5. The SMILES string of the molecule is CCOC(=O)c1c(NC(=O)C(C(C)C)N2C(=O)c3ccccc3C2=O)sc(C(C)=O)c1C. The van der Waals surface area contributed by atoms with Gasteiger partial charge in [-0.05, 0) is 44.4 Å². The van der Waals surface area contributed by atoms with Crippen molar-refractivity contribution in [2.75, 3.05) is 11.9 Å². The fraction of sp³-hybridized carbons (Fsp3) is 0.348. The number of benzene rings is 1. The van der Waals surface area contributed by atoms with Gasteiger partial charge < -0.3 is 10.1 Å². The van der Waals surface area contributed by atoms with Gasteiger partial charge in [0.05, 0.1) is 28.2 Å². The first-order valence-corrected chi connectivity index (χ1v) is 11.0. The summed E-state index contributed by atoms with van der Waals surface area (Å²) in [6.45, 7) is 8.21. The molecular formula is C23H24N2O6S. The molecule has 0 bridgehead atoms. The van der Waals surface area contributed by atoms with Gasteiger partial charge in [0, 0.05) is 0 Å². The highest BCUT2D eigenvalue weighted by Gasteiger charge is 2.44. The molecule has 2 heterocycles. The molecule has 0 saturated heterocycles. The van der Waals surface area contributed by atoms with Crippen LogP contribution in [0.2, 0.25) is 0 Å². The van der Waals surface area contributed by atoms with Crippen molar-refractivity contribution >= 4 is 45.8 Å². The zero-order valence-corrected chi connectivity index (χ0v) is 19.3. The van der Waals surface area contributed by atoms with E-state index in [0.717, 1.165) is 16.2 Å². The maximum atomic E-state index is 13.3. The normalized spacial score (nSPS) is 13.9. The smallest absolute Gasteiger partial charge is 0.341 e. The molecule has 168 valence electrons. The first kappa shape index (κ1) is 23.3. The number of hydrogen-bond donors (Lipinski definition) is 1. The van der Waals surface area contributed by atoms with Crippen LogP contribution >= 0.6 is 11.3 Å². The van der Waals surface area contributed by atoms with E-state index in [9.17, 15) is 24.0 Å². The summed E-state index contributed by atoms with van der Waals surface area (Å²) < 4.78 is 5.09. The molecule has 0 aliphatic carbocycles. The van der Waals surface area contributed by atoms with Crippen molar-refractivity contribution in [3.05, 3.63) is 51.4 Å². The molecule has 0 saturated carbocycles. The van der Waals surface area contributed by atoms with Crippen LogP contribution < -0.4 is 5.32 Å². The molecule has 3 amide bonds. The number of Topliss-reactive ketones (excluding diaryl/α,β-unsaturated/α-hetero) is 1. The molecule has 1 aliphatic rings. The number of hydrogen-bond acceptors (Lipinski definition) is 7. The van der Waals surface area contributed by atoms with Gasteiger partial charge in [-0.15, -0.1) is 11.3 Å². The van der Waals surface area contributed by atoms with E-state index >= 15 is 0 Å². The maximum Gasteiger partial charge on any atom is 0.341 e. The number of nitrogens with zero attached hydrogens (tertiary/aromatic N) is 1. The maximum absolute atomic E-state index is 13.3. The van der Waals surface area contributed by atoms with Crippen molar-refractivity contribution in [3.8, 4) is 0 Å². The molecule has 32 heavy (non-hydrogen) atoms. The van der Waals surface area contributed by atoms with Crippen LogP contribution in [0.4, 0.5) is 5.00 Å². The summed E-state index contributed by atoms with van der Waals surface area (Å²) in [5.41, 5.74) is 1.00. The molecule has 0 fully saturated rings. The summed E-state index contributed by atoms with van der Waals surface area (Å²) in [7, 11) is 0. The van der Waals surface area contributed by atoms with Gasteiger partial charge in [0.1, 0.15) is 11.0 Å². The fourth-order valence-corrected chi connectivity index (χ4v) is 4.84. The average molecular weight is 457 g/mol. The average Bonchev–Trinajstić information content (AvgIpc) is 3.18. The molecule has 1 N–H and O–H groups in total. The summed E-state index contributed by atoms with van der Waals surface area (Å²) in [6, 6.07) is 5.29. The van der Waals surface area contributed by atoms with Crippen LogP contribution in [0, 0.1) is 12.8 Å². The minimum Gasteiger partial charge on any atom is -0.462 e. The largest absolute Gasteiger partial charge is 0.462 e. The molecular weight excluding hydrogens is 432 g/mol. The van der Waals surface area contributed by atoms with Crippen LogP contribution in [-0.4, -0.2) is 47.0 Å². The minimum atomic E-state index is -1.11. The highest BCUT2D eigenvalue weighted by molar-refractivity contribution is 7.18. The van der Waals surface area contributed by atoms with E-state index in [1.165, 1.54) is 6.92 Å². The monoisotopic (exact) mass is 456 g/mol. The summed E-state index contributed by atoms with van der Waals surface area (Å²) in [4.78, 5) is 65.0. The van der Waals surface area contributed by atoms with E-state index in [-0.39, 0.29) is 34.1 Å². The highest BCUT2D eigenvalue weighted by atomic mass is 32.1. The standard InChI is InChI=1S/C23H24N2O6S/c1-6-31-23(30)16-12(4)18(13(5)26)32-20(16)24-19(27)17(11(2)3)25-21(28)14-9-7-8-10-15(14)22(25)29/h7-11,17H,6H2,1-5H3,(H,24,27). The second-order valence-corrected chi connectivity index (χ2v) is 8.76. The number of thiophene rings is 1. The van der Waals surface area contributed by atoms with Gasteiger partial charge in [0.15, 0.2) is 5.78 Å². The Kier molecular flexibility index (Phi) is 6.59. The van der Waals surface area contributed by atoms with Crippen LogP contribution in [0.3, 0.4) is 0 Å². The number of rotatable bonds is 7. The van der Waals surface area contributed by atoms with E-state index in [0.29, 0.717) is 10.4 Å². The summed E-state index contributed by atoms with van der Waals surface area (Å²) in [6.07, 6.45) is 0. The number of carbonyl (C=O) groups is 5. The van der Waals surface area contributed by atoms with Crippen molar-refractivity contribution < 1.29 is 28.7 Å². The van der Waals surface area contributed by atoms with Gasteiger partial charge in [0.25, 0.3) is 11.8 Å². The lowest BCUT2D eigenvalue weighted by atomic mass is 10.0. The Hall–Kier alpha value is -3.33. The predicted molar refractivity (Wildman–Crippen MR) is 119 cm³/mol. The Bertz CT molecular complexity index is 1100. The van der Waals surface area contributed by atoms with Crippen molar-refractivity contribution in [1.82, 2.24) is 4.90 Å². The molecule has 1 aliphatic heterocycles. The molecule has 2 aromatic rings. The first-order chi connectivity index (χ1) is 15.1. The second kappa shape index (κ2) is 9.04. The molecule has 3 rings (SSSR count). The van der Waals surface area contributed by atoms with Crippen LogP contribution in [0.15, 0.2) is 24.3 Å². The number of anilines is 1. The second-order valence-electron chi connectivity index (χ2n) is 7.74. The van der Waals surface area contributed by atoms with Crippen molar-refractivity contribution in [2.45, 2.75) is 40.7 Å². The molecule has 1 aromatic heterocycles. The summed E-state index contributed by atoms with van der Waals surface area (Å²) >= 11 is 0.967. The van der Waals surface area contributed by atoms with E-state index in [1.807, 2.05) is 0 Å².